The van der Waals surface area contributed by atoms with Gasteiger partial charge in [0.1, 0.15) is 10.7 Å². The van der Waals surface area contributed by atoms with E-state index in [1.54, 1.807) is 0 Å². The summed E-state index contributed by atoms with van der Waals surface area (Å²) >= 11 is 0. The summed E-state index contributed by atoms with van der Waals surface area (Å²) in [5.74, 6) is -1.18. The Bertz CT molecular complexity index is 647. The number of nitrogens with one attached hydrogen (secondary N) is 1. The second-order valence-corrected chi connectivity index (χ2v) is 6.97. The van der Waals surface area contributed by atoms with Crippen LogP contribution in [0.4, 0.5) is 4.39 Å². The molecule has 20 heavy (non-hydrogen) atoms. The molecule has 1 aromatic carbocycles. The molecule has 2 heterocycles. The number of hydrogen-bond acceptors (Lipinski definition) is 3. The van der Waals surface area contributed by atoms with Gasteiger partial charge in [0.15, 0.2) is 0 Å². The number of halogens is 1. The van der Waals surface area contributed by atoms with Crippen molar-refractivity contribution in [2.24, 2.45) is 5.92 Å². The Kier molecular flexibility index (Phi) is 3.25. The zero-order valence-corrected chi connectivity index (χ0v) is 11.6. The molecule has 108 valence electrons. The number of amides is 1. The second kappa shape index (κ2) is 4.82. The summed E-state index contributed by atoms with van der Waals surface area (Å²) in [5.41, 5.74) is 0. The van der Waals surface area contributed by atoms with Crippen LogP contribution < -0.4 is 5.32 Å². The van der Waals surface area contributed by atoms with E-state index in [9.17, 15) is 17.6 Å². The molecule has 2 aliphatic rings. The lowest BCUT2D eigenvalue weighted by Crippen LogP contribution is -2.48. The lowest BCUT2D eigenvalue weighted by atomic mass is 9.93. The summed E-state index contributed by atoms with van der Waals surface area (Å²) in [7, 11) is -3.90. The standard InChI is InChI=1S/C13H15FN2O3S/c14-10-5-1-2-6-12(10)20(18,19)16-7-3-4-9-11(16)8-15-13(9)17/h1-2,5-6,9,11H,3-4,7-8H2,(H,15,17). The number of benzene rings is 1. The third kappa shape index (κ3) is 2.01. The van der Waals surface area contributed by atoms with Crippen LogP contribution in [0.25, 0.3) is 0 Å². The van der Waals surface area contributed by atoms with Crippen LogP contribution in [0, 0.1) is 11.7 Å². The van der Waals surface area contributed by atoms with Crippen molar-refractivity contribution in [2.75, 3.05) is 13.1 Å². The average Bonchev–Trinajstić information content (AvgIpc) is 2.81. The normalized spacial score (nSPS) is 27.1. The molecule has 3 rings (SSSR count). The minimum absolute atomic E-state index is 0.108. The summed E-state index contributed by atoms with van der Waals surface area (Å²) in [6.45, 7) is 0.629. The van der Waals surface area contributed by atoms with E-state index in [1.165, 1.54) is 22.5 Å². The van der Waals surface area contributed by atoms with E-state index in [4.69, 9.17) is 0 Å². The third-order valence-corrected chi connectivity index (χ3v) is 5.93. The van der Waals surface area contributed by atoms with Crippen LogP contribution in [0.3, 0.4) is 0 Å². The topological polar surface area (TPSA) is 66.5 Å². The summed E-state index contributed by atoms with van der Waals surface area (Å²) in [4.78, 5) is 11.4. The van der Waals surface area contributed by atoms with Crippen LogP contribution in [0.2, 0.25) is 0 Å². The van der Waals surface area contributed by atoms with E-state index in [1.807, 2.05) is 0 Å². The van der Waals surface area contributed by atoms with Gasteiger partial charge in [-0.2, -0.15) is 4.31 Å². The maximum absolute atomic E-state index is 13.8. The van der Waals surface area contributed by atoms with Crippen molar-refractivity contribution in [3.63, 3.8) is 0 Å². The minimum Gasteiger partial charge on any atom is -0.354 e. The van der Waals surface area contributed by atoms with Crippen LogP contribution in [0.1, 0.15) is 12.8 Å². The van der Waals surface area contributed by atoms with Gasteiger partial charge < -0.3 is 5.32 Å². The van der Waals surface area contributed by atoms with Gasteiger partial charge in [-0.25, -0.2) is 12.8 Å². The smallest absolute Gasteiger partial charge is 0.246 e. The molecule has 0 aliphatic carbocycles. The van der Waals surface area contributed by atoms with Gasteiger partial charge >= 0.3 is 0 Å². The van der Waals surface area contributed by atoms with Gasteiger partial charge in [0.05, 0.1) is 12.0 Å². The molecule has 2 saturated heterocycles. The Morgan fingerprint density at radius 3 is 2.80 bits per heavy atom. The van der Waals surface area contributed by atoms with Gasteiger partial charge in [0, 0.05) is 13.1 Å². The molecule has 1 aromatic rings. The van der Waals surface area contributed by atoms with Crippen molar-refractivity contribution < 1.29 is 17.6 Å². The Morgan fingerprint density at radius 2 is 2.05 bits per heavy atom. The van der Waals surface area contributed by atoms with Gasteiger partial charge in [0.2, 0.25) is 15.9 Å². The number of carbonyl (C=O) groups is 1. The first-order valence-corrected chi connectivity index (χ1v) is 8.00. The Labute approximate surface area is 116 Å². The highest BCUT2D eigenvalue weighted by atomic mass is 32.2. The lowest BCUT2D eigenvalue weighted by molar-refractivity contribution is -0.123. The first kappa shape index (κ1) is 13.5. The van der Waals surface area contributed by atoms with E-state index in [2.05, 4.69) is 5.32 Å². The van der Waals surface area contributed by atoms with E-state index in [-0.39, 0.29) is 16.7 Å². The van der Waals surface area contributed by atoms with E-state index >= 15 is 0 Å². The van der Waals surface area contributed by atoms with Gasteiger partial charge in [-0.05, 0) is 25.0 Å². The fraction of sp³-hybridized carbons (Fsp3) is 0.462. The van der Waals surface area contributed by atoms with E-state index in [0.29, 0.717) is 25.9 Å². The molecule has 2 aliphatic heterocycles. The molecule has 2 fully saturated rings. The maximum Gasteiger partial charge on any atom is 0.246 e. The molecule has 2 atom stereocenters. The number of sulfonamides is 1. The molecule has 1 amide bonds. The molecule has 0 spiro atoms. The van der Waals surface area contributed by atoms with Gasteiger partial charge in [-0.3, -0.25) is 4.79 Å². The van der Waals surface area contributed by atoms with Gasteiger partial charge in [0.25, 0.3) is 0 Å². The molecule has 2 unspecified atom stereocenters. The SMILES string of the molecule is O=C1NCC2C1CCCN2S(=O)(=O)c1ccccc1F. The zero-order valence-electron chi connectivity index (χ0n) is 10.8. The average molecular weight is 298 g/mol. The predicted molar refractivity (Wildman–Crippen MR) is 69.8 cm³/mol. The van der Waals surface area contributed by atoms with Crippen molar-refractivity contribution >= 4 is 15.9 Å². The first-order valence-electron chi connectivity index (χ1n) is 6.56. The molecular weight excluding hydrogens is 283 g/mol. The van der Waals surface area contributed by atoms with Crippen molar-refractivity contribution in [3.8, 4) is 0 Å². The molecule has 0 aromatic heterocycles. The van der Waals surface area contributed by atoms with Gasteiger partial charge in [-0.15, -0.1) is 0 Å². The first-order chi connectivity index (χ1) is 9.51. The number of rotatable bonds is 2. The molecule has 7 heteroatoms. The number of carbonyl (C=O) groups excluding carboxylic acids is 1. The van der Waals surface area contributed by atoms with Gasteiger partial charge in [-0.1, -0.05) is 12.1 Å². The summed E-state index contributed by atoms with van der Waals surface area (Å²) in [6, 6.07) is 4.94. The number of nitrogens with zero attached hydrogens (tertiary/aromatic N) is 1. The highest BCUT2D eigenvalue weighted by Crippen LogP contribution is 2.32. The van der Waals surface area contributed by atoms with Crippen LogP contribution in [-0.4, -0.2) is 37.8 Å². The quantitative estimate of drug-likeness (QED) is 0.875. The Balaban J connectivity index is 1.99. The Morgan fingerprint density at radius 1 is 1.30 bits per heavy atom. The molecule has 5 nitrogen and oxygen atoms in total. The van der Waals surface area contributed by atoms with Crippen LogP contribution in [0.15, 0.2) is 29.2 Å². The molecule has 0 radical (unpaired) electrons. The van der Waals surface area contributed by atoms with E-state index in [0.717, 1.165) is 6.07 Å². The minimum atomic E-state index is -3.90. The largest absolute Gasteiger partial charge is 0.354 e. The summed E-state index contributed by atoms with van der Waals surface area (Å²) in [5, 5.41) is 2.69. The summed E-state index contributed by atoms with van der Waals surface area (Å²) in [6.07, 6.45) is 1.29. The molecule has 1 N–H and O–H groups in total. The molecule has 0 saturated carbocycles. The molecule has 0 bridgehead atoms. The zero-order chi connectivity index (χ0) is 14.3. The lowest BCUT2D eigenvalue weighted by Gasteiger charge is -2.34. The maximum atomic E-state index is 13.8. The van der Waals surface area contributed by atoms with Crippen molar-refractivity contribution in [3.05, 3.63) is 30.1 Å². The molecular formula is C13H15FN2O3S. The second-order valence-electron chi connectivity index (χ2n) is 5.11. The Hall–Kier alpha value is -1.47. The van der Waals surface area contributed by atoms with E-state index < -0.39 is 21.9 Å². The van der Waals surface area contributed by atoms with Crippen LogP contribution in [-0.2, 0) is 14.8 Å². The van der Waals surface area contributed by atoms with Crippen molar-refractivity contribution in [1.29, 1.82) is 0 Å². The van der Waals surface area contributed by atoms with Crippen molar-refractivity contribution in [1.82, 2.24) is 9.62 Å². The highest BCUT2D eigenvalue weighted by Gasteiger charge is 2.46. The number of fused-ring (bicyclic) bond motifs is 1. The van der Waals surface area contributed by atoms with Crippen molar-refractivity contribution in [2.45, 2.75) is 23.8 Å². The van der Waals surface area contributed by atoms with Crippen LogP contribution in [0.5, 0.6) is 0 Å². The fourth-order valence-electron chi connectivity index (χ4n) is 2.99. The summed E-state index contributed by atoms with van der Waals surface area (Å²) < 4.78 is 40.3. The monoisotopic (exact) mass is 298 g/mol. The fourth-order valence-corrected chi connectivity index (χ4v) is 4.76. The predicted octanol–water partition coefficient (Wildman–Crippen LogP) is 0.725. The third-order valence-electron chi connectivity index (χ3n) is 3.97. The van der Waals surface area contributed by atoms with Crippen LogP contribution >= 0.6 is 0 Å². The number of hydrogen-bond donors (Lipinski definition) is 1. The highest BCUT2D eigenvalue weighted by molar-refractivity contribution is 7.89. The number of piperidine rings is 1.